The van der Waals surface area contributed by atoms with Crippen LogP contribution in [0.3, 0.4) is 0 Å². The molecule has 0 saturated heterocycles. The maximum Gasteiger partial charge on any atom is 0.249 e. The van der Waals surface area contributed by atoms with Crippen molar-refractivity contribution in [1.29, 1.82) is 0 Å². The van der Waals surface area contributed by atoms with E-state index in [-0.39, 0.29) is 12.5 Å². The smallest absolute Gasteiger partial charge is 0.249 e. The van der Waals surface area contributed by atoms with Crippen LogP contribution < -0.4 is 5.32 Å². The highest BCUT2D eigenvalue weighted by molar-refractivity contribution is 7.98. The van der Waals surface area contributed by atoms with E-state index in [4.69, 9.17) is 11.6 Å². The van der Waals surface area contributed by atoms with E-state index >= 15 is 0 Å². The summed E-state index contributed by atoms with van der Waals surface area (Å²) in [5, 5.41) is 12.9. The number of fused-ring (bicyclic) bond motifs is 1. The molecule has 1 aromatic carbocycles. The molecule has 0 aliphatic heterocycles. The van der Waals surface area contributed by atoms with Crippen molar-refractivity contribution in [1.82, 2.24) is 15.3 Å². The molecule has 2 aromatic rings. The Morgan fingerprint density at radius 1 is 1.60 bits per heavy atom. The Labute approximate surface area is 126 Å². The van der Waals surface area contributed by atoms with E-state index in [0.717, 1.165) is 16.8 Å². The van der Waals surface area contributed by atoms with Crippen molar-refractivity contribution < 1.29 is 9.90 Å². The second-order valence-corrected chi connectivity index (χ2v) is 5.78. The van der Waals surface area contributed by atoms with Gasteiger partial charge in [0, 0.05) is 5.02 Å². The van der Waals surface area contributed by atoms with E-state index in [2.05, 4.69) is 15.3 Å². The standard InChI is InChI=1S/C13H16ClN3O2S/c1-20-5-4-11(18)13(19)15-7-12-16-9-3-2-8(14)6-10(9)17-12/h2-3,6,11,18H,4-5,7H2,1H3,(H,15,19)(H,16,17)/t11-/m0/s1. The van der Waals surface area contributed by atoms with E-state index < -0.39 is 6.10 Å². The number of aromatic amines is 1. The molecule has 0 spiro atoms. The summed E-state index contributed by atoms with van der Waals surface area (Å²) in [6.45, 7) is 0.251. The summed E-state index contributed by atoms with van der Waals surface area (Å²) in [6, 6.07) is 5.36. The van der Waals surface area contributed by atoms with Crippen LogP contribution in [-0.2, 0) is 11.3 Å². The average molecular weight is 314 g/mol. The fourth-order valence-electron chi connectivity index (χ4n) is 1.77. The predicted octanol–water partition coefficient (Wildman–Crippen LogP) is 1.95. The molecule has 0 saturated carbocycles. The Balaban J connectivity index is 1.93. The zero-order chi connectivity index (χ0) is 14.5. The van der Waals surface area contributed by atoms with Crippen molar-refractivity contribution in [3.63, 3.8) is 0 Å². The van der Waals surface area contributed by atoms with Gasteiger partial charge in [-0.25, -0.2) is 4.98 Å². The summed E-state index contributed by atoms with van der Waals surface area (Å²) in [4.78, 5) is 19.1. The highest BCUT2D eigenvalue weighted by Gasteiger charge is 2.14. The summed E-state index contributed by atoms with van der Waals surface area (Å²) in [6.07, 6.45) is 1.41. The predicted molar refractivity (Wildman–Crippen MR) is 82.0 cm³/mol. The van der Waals surface area contributed by atoms with Gasteiger partial charge >= 0.3 is 0 Å². The number of carbonyl (C=O) groups is 1. The topological polar surface area (TPSA) is 78.0 Å². The summed E-state index contributed by atoms with van der Waals surface area (Å²) in [5.41, 5.74) is 1.62. The minimum atomic E-state index is -0.971. The maximum atomic E-state index is 11.7. The number of hydrogen-bond donors (Lipinski definition) is 3. The zero-order valence-electron chi connectivity index (χ0n) is 11.0. The first-order valence-electron chi connectivity index (χ1n) is 6.19. The molecule has 1 atom stereocenters. The molecular weight excluding hydrogens is 298 g/mol. The summed E-state index contributed by atoms with van der Waals surface area (Å²) >= 11 is 7.49. The summed E-state index contributed by atoms with van der Waals surface area (Å²) in [7, 11) is 0. The first-order valence-corrected chi connectivity index (χ1v) is 7.96. The van der Waals surface area contributed by atoms with Crippen LogP contribution in [0.4, 0.5) is 0 Å². The first kappa shape index (κ1) is 15.2. The van der Waals surface area contributed by atoms with E-state index in [1.807, 2.05) is 12.3 Å². The highest BCUT2D eigenvalue weighted by atomic mass is 35.5. The Morgan fingerprint density at radius 2 is 2.40 bits per heavy atom. The molecule has 1 heterocycles. The Hall–Kier alpha value is -1.24. The number of benzene rings is 1. The number of halogens is 1. The van der Waals surface area contributed by atoms with Crippen molar-refractivity contribution in [3.05, 3.63) is 29.0 Å². The lowest BCUT2D eigenvalue weighted by molar-refractivity contribution is -0.129. The molecule has 0 aliphatic rings. The molecule has 1 aromatic heterocycles. The molecule has 0 unspecified atom stereocenters. The van der Waals surface area contributed by atoms with Crippen molar-refractivity contribution in [2.45, 2.75) is 19.1 Å². The monoisotopic (exact) mass is 313 g/mol. The van der Waals surface area contributed by atoms with E-state index in [9.17, 15) is 9.90 Å². The number of nitrogens with one attached hydrogen (secondary N) is 2. The van der Waals surface area contributed by atoms with Crippen LogP contribution in [0.25, 0.3) is 11.0 Å². The van der Waals surface area contributed by atoms with Gasteiger partial charge in [0.2, 0.25) is 5.91 Å². The quantitative estimate of drug-likeness (QED) is 0.761. The summed E-state index contributed by atoms with van der Waals surface area (Å²) in [5.74, 6) is 1.00. The lowest BCUT2D eigenvalue weighted by Crippen LogP contribution is -2.34. The van der Waals surface area contributed by atoms with Crippen LogP contribution in [0.5, 0.6) is 0 Å². The molecule has 5 nitrogen and oxygen atoms in total. The molecule has 20 heavy (non-hydrogen) atoms. The number of amides is 1. The largest absolute Gasteiger partial charge is 0.383 e. The fraction of sp³-hybridized carbons (Fsp3) is 0.385. The van der Waals surface area contributed by atoms with Gasteiger partial charge in [-0.05, 0) is 36.6 Å². The van der Waals surface area contributed by atoms with E-state index in [1.54, 1.807) is 23.9 Å². The number of aliphatic hydroxyl groups excluding tert-OH is 1. The van der Waals surface area contributed by atoms with Gasteiger partial charge in [-0.15, -0.1) is 0 Å². The molecule has 108 valence electrons. The second-order valence-electron chi connectivity index (χ2n) is 4.36. The van der Waals surface area contributed by atoms with Gasteiger partial charge < -0.3 is 15.4 Å². The number of hydrogen-bond acceptors (Lipinski definition) is 4. The Bertz CT molecular complexity index is 602. The lowest BCUT2D eigenvalue weighted by atomic mass is 10.2. The third kappa shape index (κ3) is 3.88. The molecular formula is C13H16ClN3O2S. The SMILES string of the molecule is CSCC[C@H](O)C(=O)NCc1nc2ccc(Cl)cc2[nH]1. The van der Waals surface area contributed by atoms with Gasteiger partial charge in [-0.1, -0.05) is 11.6 Å². The normalized spacial score (nSPS) is 12.6. The van der Waals surface area contributed by atoms with Crippen molar-refractivity contribution in [3.8, 4) is 0 Å². The molecule has 0 bridgehead atoms. The fourth-order valence-corrected chi connectivity index (χ4v) is 2.40. The van der Waals surface area contributed by atoms with Crippen LogP contribution in [-0.4, -0.2) is 39.1 Å². The van der Waals surface area contributed by atoms with Crippen LogP contribution in [0.1, 0.15) is 12.2 Å². The third-order valence-electron chi connectivity index (χ3n) is 2.82. The zero-order valence-corrected chi connectivity index (χ0v) is 12.6. The molecule has 0 aliphatic carbocycles. The summed E-state index contributed by atoms with van der Waals surface area (Å²) < 4.78 is 0. The van der Waals surface area contributed by atoms with Gasteiger partial charge in [0.15, 0.2) is 0 Å². The van der Waals surface area contributed by atoms with Crippen molar-refractivity contribution >= 4 is 40.3 Å². The average Bonchev–Trinajstić information content (AvgIpc) is 2.83. The maximum absolute atomic E-state index is 11.7. The molecule has 3 N–H and O–H groups in total. The van der Waals surface area contributed by atoms with Crippen LogP contribution in [0.2, 0.25) is 5.02 Å². The van der Waals surface area contributed by atoms with Gasteiger partial charge in [-0.2, -0.15) is 11.8 Å². The second kappa shape index (κ2) is 6.97. The Kier molecular flexibility index (Phi) is 5.28. The minimum absolute atomic E-state index is 0.251. The van der Waals surface area contributed by atoms with Gasteiger partial charge in [0.25, 0.3) is 0 Å². The van der Waals surface area contributed by atoms with E-state index in [1.165, 1.54) is 0 Å². The number of thioether (sulfide) groups is 1. The number of carbonyl (C=O) groups excluding carboxylic acids is 1. The number of aromatic nitrogens is 2. The number of aliphatic hydroxyl groups is 1. The van der Waals surface area contributed by atoms with Crippen molar-refractivity contribution in [2.75, 3.05) is 12.0 Å². The third-order valence-corrected chi connectivity index (χ3v) is 3.70. The number of H-pyrrole nitrogens is 1. The lowest BCUT2D eigenvalue weighted by Gasteiger charge is -2.09. The van der Waals surface area contributed by atoms with Crippen LogP contribution >= 0.6 is 23.4 Å². The molecule has 0 fully saturated rings. The first-order chi connectivity index (χ1) is 9.60. The van der Waals surface area contributed by atoms with Gasteiger partial charge in [0.05, 0.1) is 17.6 Å². The molecule has 1 amide bonds. The van der Waals surface area contributed by atoms with Crippen molar-refractivity contribution in [2.24, 2.45) is 0 Å². The van der Waals surface area contributed by atoms with Gasteiger partial charge in [0.1, 0.15) is 11.9 Å². The molecule has 7 heteroatoms. The molecule has 0 radical (unpaired) electrons. The van der Waals surface area contributed by atoms with Crippen LogP contribution in [0.15, 0.2) is 18.2 Å². The number of imidazole rings is 1. The Morgan fingerprint density at radius 3 is 3.15 bits per heavy atom. The number of nitrogens with zero attached hydrogens (tertiary/aromatic N) is 1. The van der Waals surface area contributed by atoms with E-state index in [0.29, 0.717) is 17.3 Å². The highest BCUT2D eigenvalue weighted by Crippen LogP contribution is 2.17. The van der Waals surface area contributed by atoms with Crippen LogP contribution in [0, 0.1) is 0 Å². The van der Waals surface area contributed by atoms with Gasteiger partial charge in [-0.3, -0.25) is 4.79 Å². The number of rotatable bonds is 6. The molecule has 2 rings (SSSR count). The minimum Gasteiger partial charge on any atom is -0.383 e.